The van der Waals surface area contributed by atoms with Gasteiger partial charge in [-0.05, 0) is 55.8 Å². The van der Waals surface area contributed by atoms with Crippen LogP contribution in [-0.4, -0.2) is 95.8 Å². The van der Waals surface area contributed by atoms with E-state index < -0.39 is 40.5 Å². The third kappa shape index (κ3) is 7.17. The molecule has 18 heteroatoms. The van der Waals surface area contributed by atoms with E-state index in [0.29, 0.717) is 53.6 Å². The molecule has 1 atom stereocenters. The predicted octanol–water partition coefficient (Wildman–Crippen LogP) is 5.38. The van der Waals surface area contributed by atoms with Gasteiger partial charge in [0, 0.05) is 66.6 Å². The number of hydrogen-bond acceptors (Lipinski definition) is 12. The number of aromatic nitrogens is 3. The molecule has 3 aromatic carbocycles. The number of carbonyl (C=O) groups is 2. The number of anilines is 3. The highest BCUT2D eigenvalue weighted by Crippen LogP contribution is 2.39. The van der Waals surface area contributed by atoms with Crippen LogP contribution < -0.4 is 35.2 Å². The van der Waals surface area contributed by atoms with Gasteiger partial charge in [-0.3, -0.25) is 19.4 Å². The minimum Gasteiger partial charge on any atom is -0.493 e. The molecular formula is C40H39BrF2N8O7. The van der Waals surface area contributed by atoms with E-state index in [1.54, 1.807) is 47.2 Å². The quantitative estimate of drug-likeness (QED) is 0.174. The molecule has 5 aromatic rings. The highest BCUT2D eigenvalue weighted by molar-refractivity contribution is 9.10. The summed E-state index contributed by atoms with van der Waals surface area (Å²) in [7, 11) is 4.59. The van der Waals surface area contributed by atoms with Crippen molar-refractivity contribution in [3.63, 3.8) is 0 Å². The Morgan fingerprint density at radius 3 is 2.41 bits per heavy atom. The van der Waals surface area contributed by atoms with Crippen molar-refractivity contribution >= 4 is 67.6 Å². The van der Waals surface area contributed by atoms with E-state index in [-0.39, 0.29) is 53.8 Å². The number of aromatic carboxylic acids is 1. The number of carbonyl (C=O) groups excluding carboxylic acids is 1. The number of nitrogens with zero attached hydrogens (tertiary/aromatic N) is 7. The van der Waals surface area contributed by atoms with Crippen molar-refractivity contribution in [2.45, 2.75) is 32.9 Å². The Labute approximate surface area is 339 Å². The standard InChI is InChI=1S/C40H39BrF2N8O7/c1-6-49-18-26(39(54)55)35(52)25-15-27(42)34(31(43)33(25)49)50-10-9-48(17-20(50)2)19-51-28-8-7-23(41)14-24(28)32(38(51)53)46-40-45-16-22(37(44)47-40)11-21-12-29(56-3)36(58-5)30(13-21)57-4/h7-8,12-16,18,20H,6,9-11,17,19H2,1-5H3,(H,54,55)(H2,44,45,47)/b46-32-. The summed E-state index contributed by atoms with van der Waals surface area (Å²) in [5.41, 5.74) is 7.10. The number of aryl methyl sites for hydroxylation is 1. The number of carboxylic acid groups (broad SMARTS) is 1. The molecular weight excluding hydrogens is 822 g/mol. The Hall–Kier alpha value is -6.14. The molecule has 15 nitrogen and oxygen atoms in total. The van der Waals surface area contributed by atoms with Crippen LogP contribution in [0.4, 0.5) is 31.9 Å². The van der Waals surface area contributed by atoms with E-state index in [9.17, 15) is 19.5 Å². The molecule has 0 radical (unpaired) electrons. The summed E-state index contributed by atoms with van der Waals surface area (Å²) in [6, 6.07) is 9.50. The first-order valence-corrected chi connectivity index (χ1v) is 19.0. The summed E-state index contributed by atoms with van der Waals surface area (Å²) in [4.78, 5) is 57.3. The van der Waals surface area contributed by atoms with E-state index in [2.05, 4.69) is 30.9 Å². The molecule has 58 heavy (non-hydrogen) atoms. The van der Waals surface area contributed by atoms with Crippen molar-refractivity contribution in [3.05, 3.63) is 97.4 Å². The molecule has 7 rings (SSSR count). The Balaban J connectivity index is 1.12. The monoisotopic (exact) mass is 860 g/mol. The van der Waals surface area contributed by atoms with E-state index in [4.69, 9.17) is 19.9 Å². The zero-order valence-electron chi connectivity index (χ0n) is 32.2. The number of benzene rings is 3. The lowest BCUT2D eigenvalue weighted by Gasteiger charge is -2.42. The summed E-state index contributed by atoms with van der Waals surface area (Å²) in [5, 5.41) is 9.15. The number of aliphatic imine (C=N–C) groups is 1. The second-order valence-electron chi connectivity index (χ2n) is 13.8. The van der Waals surface area contributed by atoms with Gasteiger partial charge in [-0.2, -0.15) is 4.98 Å². The molecule has 4 heterocycles. The average Bonchev–Trinajstić information content (AvgIpc) is 3.44. The number of piperazine rings is 1. The Morgan fingerprint density at radius 2 is 1.79 bits per heavy atom. The number of methoxy groups -OCH3 is 3. The summed E-state index contributed by atoms with van der Waals surface area (Å²) < 4.78 is 50.4. The zero-order valence-corrected chi connectivity index (χ0v) is 33.8. The van der Waals surface area contributed by atoms with Gasteiger partial charge in [0.15, 0.2) is 17.3 Å². The number of pyridine rings is 1. The van der Waals surface area contributed by atoms with Crippen molar-refractivity contribution in [1.82, 2.24) is 19.4 Å². The van der Waals surface area contributed by atoms with E-state index in [0.717, 1.165) is 22.3 Å². The van der Waals surface area contributed by atoms with Crippen LogP contribution in [0.5, 0.6) is 17.2 Å². The van der Waals surface area contributed by atoms with E-state index >= 15 is 8.78 Å². The van der Waals surface area contributed by atoms with Crippen LogP contribution in [0.15, 0.2) is 63.1 Å². The van der Waals surface area contributed by atoms with E-state index in [1.165, 1.54) is 25.9 Å². The number of carboxylic acids is 1. The first-order chi connectivity index (χ1) is 27.8. The maximum absolute atomic E-state index is 16.3. The fourth-order valence-electron chi connectivity index (χ4n) is 7.53. The van der Waals surface area contributed by atoms with Crippen LogP contribution in [0.1, 0.15) is 40.9 Å². The second kappa shape index (κ2) is 16.0. The summed E-state index contributed by atoms with van der Waals surface area (Å²) >= 11 is 3.50. The number of amides is 1. The number of fused-ring (bicyclic) bond motifs is 2. The molecule has 1 amide bonds. The molecule has 1 saturated heterocycles. The average molecular weight is 862 g/mol. The van der Waals surface area contributed by atoms with Crippen molar-refractivity contribution in [3.8, 4) is 17.2 Å². The van der Waals surface area contributed by atoms with Crippen LogP contribution in [0, 0.1) is 11.6 Å². The summed E-state index contributed by atoms with van der Waals surface area (Å²) in [6.45, 7) is 4.63. The van der Waals surface area contributed by atoms with Gasteiger partial charge in [-0.15, -0.1) is 0 Å². The fraction of sp³-hybridized carbons (Fsp3) is 0.300. The predicted molar refractivity (Wildman–Crippen MR) is 217 cm³/mol. The van der Waals surface area contributed by atoms with Crippen molar-refractivity contribution in [2.24, 2.45) is 4.99 Å². The van der Waals surface area contributed by atoms with Gasteiger partial charge in [0.2, 0.25) is 11.2 Å². The lowest BCUT2D eigenvalue weighted by molar-refractivity contribution is -0.112. The molecule has 302 valence electrons. The Morgan fingerprint density at radius 1 is 1.07 bits per heavy atom. The number of nitrogen functional groups attached to an aromatic ring is 1. The Bertz CT molecular complexity index is 2560. The minimum absolute atomic E-state index is 0.00313. The van der Waals surface area contributed by atoms with Crippen molar-refractivity contribution < 1.29 is 37.7 Å². The molecule has 0 bridgehead atoms. The largest absolute Gasteiger partial charge is 0.493 e. The third-order valence-corrected chi connectivity index (χ3v) is 10.8. The van der Waals surface area contributed by atoms with Gasteiger partial charge in [-0.25, -0.2) is 23.6 Å². The smallest absolute Gasteiger partial charge is 0.341 e. The fourth-order valence-corrected chi connectivity index (χ4v) is 7.89. The molecule has 0 aliphatic carbocycles. The highest BCUT2D eigenvalue weighted by Gasteiger charge is 2.38. The van der Waals surface area contributed by atoms with Gasteiger partial charge in [0.05, 0.1) is 44.6 Å². The summed E-state index contributed by atoms with van der Waals surface area (Å²) in [6.07, 6.45) is 2.98. The van der Waals surface area contributed by atoms with Gasteiger partial charge in [0.25, 0.3) is 11.9 Å². The molecule has 1 unspecified atom stereocenters. The Kier molecular flexibility index (Phi) is 11.1. The number of ether oxygens (including phenoxy) is 3. The minimum atomic E-state index is -1.48. The van der Waals surface area contributed by atoms with Gasteiger partial charge in [-0.1, -0.05) is 15.9 Å². The van der Waals surface area contributed by atoms with Crippen molar-refractivity contribution in [2.75, 3.05) is 63.2 Å². The lowest BCUT2D eigenvalue weighted by atomic mass is 10.1. The van der Waals surface area contributed by atoms with Gasteiger partial charge >= 0.3 is 5.97 Å². The second-order valence-corrected chi connectivity index (χ2v) is 14.7. The third-order valence-electron chi connectivity index (χ3n) is 10.3. The molecule has 2 aliphatic heterocycles. The first-order valence-electron chi connectivity index (χ1n) is 18.2. The highest BCUT2D eigenvalue weighted by atomic mass is 79.9. The van der Waals surface area contributed by atoms with Crippen LogP contribution in [0.25, 0.3) is 10.9 Å². The number of rotatable bonds is 11. The molecule has 0 saturated carbocycles. The van der Waals surface area contributed by atoms with E-state index in [1.807, 2.05) is 17.9 Å². The number of hydrogen-bond donors (Lipinski definition) is 2. The van der Waals surface area contributed by atoms with Crippen LogP contribution >= 0.6 is 15.9 Å². The van der Waals surface area contributed by atoms with Crippen LogP contribution in [0.3, 0.4) is 0 Å². The molecule has 2 aromatic heterocycles. The maximum atomic E-state index is 16.3. The maximum Gasteiger partial charge on any atom is 0.341 e. The van der Waals surface area contributed by atoms with Crippen LogP contribution in [0.2, 0.25) is 0 Å². The zero-order chi connectivity index (χ0) is 41.6. The molecule has 3 N–H and O–H groups in total. The lowest BCUT2D eigenvalue weighted by Crippen LogP contribution is -2.55. The molecule has 2 aliphatic rings. The number of nitrogens with two attached hydrogens (primary N) is 1. The van der Waals surface area contributed by atoms with Gasteiger partial charge in [0.1, 0.15) is 28.6 Å². The van der Waals surface area contributed by atoms with Crippen LogP contribution in [-0.2, 0) is 17.8 Å². The molecule has 1 fully saturated rings. The number of halogens is 3. The van der Waals surface area contributed by atoms with Crippen molar-refractivity contribution in [1.29, 1.82) is 0 Å². The topological polar surface area (TPSA) is 178 Å². The van der Waals surface area contributed by atoms with Gasteiger partial charge < -0.3 is 34.5 Å². The first kappa shape index (κ1) is 40.1. The molecule has 0 spiro atoms. The summed E-state index contributed by atoms with van der Waals surface area (Å²) in [5.74, 6) is -2.19. The SMILES string of the molecule is CCn1cc(C(=O)O)c(=O)c2cc(F)c(N3CCN(CN4C(=O)/C(=N\c5ncc(Cc6cc(OC)c(OC)c(OC)c6)c(N)n5)c5cc(Br)ccc54)CC3C)c(F)c21. The normalized spacial score (nSPS) is 16.3.